The second-order valence-corrected chi connectivity index (χ2v) is 7.48. The van der Waals surface area contributed by atoms with E-state index in [1.807, 2.05) is 44.2 Å². The van der Waals surface area contributed by atoms with Crippen LogP contribution in [0.25, 0.3) is 5.69 Å². The predicted molar refractivity (Wildman–Crippen MR) is 114 cm³/mol. The van der Waals surface area contributed by atoms with Crippen LogP contribution in [0.5, 0.6) is 0 Å². The van der Waals surface area contributed by atoms with Crippen LogP contribution in [0.4, 0.5) is 5.69 Å². The van der Waals surface area contributed by atoms with Crippen LogP contribution < -0.4 is 5.32 Å². The summed E-state index contributed by atoms with van der Waals surface area (Å²) in [6.07, 6.45) is 3.13. The van der Waals surface area contributed by atoms with Crippen LogP contribution in [-0.4, -0.2) is 51.8 Å². The lowest BCUT2D eigenvalue weighted by Crippen LogP contribution is -2.48. The van der Waals surface area contributed by atoms with Gasteiger partial charge >= 0.3 is 0 Å². The average Bonchev–Trinajstić information content (AvgIpc) is 3.24. The van der Waals surface area contributed by atoms with Gasteiger partial charge in [-0.2, -0.15) is 5.10 Å². The van der Waals surface area contributed by atoms with E-state index in [1.54, 1.807) is 40.0 Å². The SMILES string of the molecule is C[C@@H]1CN(C(=O)c2ccccc2NC(=O)c2cnn(-c3ccccc3)c2)C[C@H](C)O1. The summed E-state index contributed by atoms with van der Waals surface area (Å²) in [4.78, 5) is 27.7. The molecule has 0 unspecified atom stereocenters. The molecule has 154 valence electrons. The van der Waals surface area contributed by atoms with Crippen molar-refractivity contribution in [1.82, 2.24) is 14.7 Å². The fourth-order valence-electron chi connectivity index (χ4n) is 3.65. The number of carbonyl (C=O) groups excluding carboxylic acids is 2. The van der Waals surface area contributed by atoms with Gasteiger partial charge in [-0.3, -0.25) is 9.59 Å². The van der Waals surface area contributed by atoms with Crippen molar-refractivity contribution in [3.63, 3.8) is 0 Å². The smallest absolute Gasteiger partial charge is 0.258 e. The number of anilines is 1. The van der Waals surface area contributed by atoms with Crippen molar-refractivity contribution < 1.29 is 14.3 Å². The molecule has 7 heteroatoms. The van der Waals surface area contributed by atoms with Gasteiger partial charge < -0.3 is 15.0 Å². The second-order valence-electron chi connectivity index (χ2n) is 7.48. The highest BCUT2D eigenvalue weighted by Gasteiger charge is 2.28. The van der Waals surface area contributed by atoms with Crippen molar-refractivity contribution in [3.8, 4) is 5.69 Å². The van der Waals surface area contributed by atoms with E-state index in [-0.39, 0.29) is 24.0 Å². The molecule has 0 aliphatic carbocycles. The van der Waals surface area contributed by atoms with Crippen LogP contribution >= 0.6 is 0 Å². The normalized spacial score (nSPS) is 18.8. The molecule has 4 rings (SSSR count). The van der Waals surface area contributed by atoms with Gasteiger partial charge in [0.05, 0.1) is 40.9 Å². The van der Waals surface area contributed by atoms with Crippen molar-refractivity contribution in [2.45, 2.75) is 26.1 Å². The van der Waals surface area contributed by atoms with Crippen LogP contribution in [0.2, 0.25) is 0 Å². The zero-order valence-corrected chi connectivity index (χ0v) is 17.0. The van der Waals surface area contributed by atoms with Gasteiger partial charge in [0.25, 0.3) is 11.8 Å². The van der Waals surface area contributed by atoms with E-state index < -0.39 is 0 Å². The molecule has 2 atom stereocenters. The minimum absolute atomic E-state index is 0.0247. The zero-order valence-electron chi connectivity index (χ0n) is 17.0. The Hall–Kier alpha value is -3.45. The molecule has 0 spiro atoms. The molecule has 30 heavy (non-hydrogen) atoms. The molecule has 7 nitrogen and oxygen atoms in total. The Balaban J connectivity index is 1.52. The second kappa shape index (κ2) is 8.51. The van der Waals surface area contributed by atoms with Crippen molar-refractivity contribution in [1.29, 1.82) is 0 Å². The third kappa shape index (κ3) is 4.26. The Morgan fingerprint density at radius 2 is 1.67 bits per heavy atom. The first kappa shape index (κ1) is 19.8. The Kier molecular flexibility index (Phi) is 5.63. The number of rotatable bonds is 4. The number of morpholine rings is 1. The van der Waals surface area contributed by atoms with Crippen LogP contribution in [0, 0.1) is 0 Å². The van der Waals surface area contributed by atoms with Gasteiger partial charge in [-0.1, -0.05) is 30.3 Å². The maximum absolute atomic E-state index is 13.1. The predicted octanol–water partition coefficient (Wildman–Crippen LogP) is 3.37. The van der Waals surface area contributed by atoms with Gasteiger partial charge in [-0.15, -0.1) is 0 Å². The minimum atomic E-state index is -0.318. The lowest BCUT2D eigenvalue weighted by atomic mass is 10.1. The molecule has 3 aromatic rings. The van der Waals surface area contributed by atoms with Crippen molar-refractivity contribution in [2.75, 3.05) is 18.4 Å². The summed E-state index contributed by atoms with van der Waals surface area (Å²) >= 11 is 0. The number of carbonyl (C=O) groups is 2. The summed E-state index contributed by atoms with van der Waals surface area (Å²) in [7, 11) is 0. The first-order valence-corrected chi connectivity index (χ1v) is 9.96. The highest BCUT2D eigenvalue weighted by Crippen LogP contribution is 2.21. The third-order valence-corrected chi connectivity index (χ3v) is 4.98. The number of hydrogen-bond acceptors (Lipinski definition) is 4. The fourth-order valence-corrected chi connectivity index (χ4v) is 3.65. The van der Waals surface area contributed by atoms with E-state index in [4.69, 9.17) is 4.74 Å². The molecule has 2 aromatic carbocycles. The highest BCUT2D eigenvalue weighted by molar-refractivity contribution is 6.08. The number of hydrogen-bond donors (Lipinski definition) is 1. The number of benzene rings is 2. The summed E-state index contributed by atoms with van der Waals surface area (Å²) in [5, 5.41) is 7.13. The highest BCUT2D eigenvalue weighted by atomic mass is 16.5. The van der Waals surface area contributed by atoms with E-state index in [0.29, 0.717) is 29.9 Å². The molecule has 1 N–H and O–H groups in total. The summed E-state index contributed by atoms with van der Waals surface area (Å²) < 4.78 is 7.36. The summed E-state index contributed by atoms with van der Waals surface area (Å²) in [6.45, 7) is 4.95. The van der Waals surface area contributed by atoms with E-state index in [1.165, 1.54) is 6.20 Å². The molecule has 1 aromatic heterocycles. The molecule has 1 aliphatic heterocycles. The summed E-state index contributed by atoms with van der Waals surface area (Å²) in [5.74, 6) is -0.436. The van der Waals surface area contributed by atoms with E-state index >= 15 is 0 Å². The van der Waals surface area contributed by atoms with E-state index in [2.05, 4.69) is 10.4 Å². The van der Waals surface area contributed by atoms with Gasteiger partial charge in [0.15, 0.2) is 0 Å². The first-order valence-electron chi connectivity index (χ1n) is 9.96. The van der Waals surface area contributed by atoms with Crippen LogP contribution in [0.3, 0.4) is 0 Å². The minimum Gasteiger partial charge on any atom is -0.372 e. The van der Waals surface area contributed by atoms with Gasteiger partial charge in [0.2, 0.25) is 0 Å². The van der Waals surface area contributed by atoms with Crippen LogP contribution in [-0.2, 0) is 4.74 Å². The quantitative estimate of drug-likeness (QED) is 0.723. The van der Waals surface area contributed by atoms with Gasteiger partial charge in [0, 0.05) is 19.3 Å². The Morgan fingerprint density at radius 1 is 1.00 bits per heavy atom. The van der Waals surface area contributed by atoms with Crippen LogP contribution in [0.15, 0.2) is 67.0 Å². The molecule has 0 bridgehead atoms. The number of amides is 2. The van der Waals surface area contributed by atoms with Crippen LogP contribution in [0.1, 0.15) is 34.6 Å². The molecular weight excluding hydrogens is 380 g/mol. The van der Waals surface area contributed by atoms with Crippen molar-refractivity contribution >= 4 is 17.5 Å². The number of nitrogens with zero attached hydrogens (tertiary/aromatic N) is 3. The van der Waals surface area contributed by atoms with Crippen molar-refractivity contribution in [2.24, 2.45) is 0 Å². The molecular formula is C23H24N4O3. The standard InChI is InChI=1S/C23H24N4O3/c1-16-13-26(14-17(2)30-16)23(29)20-10-6-7-11-21(20)25-22(28)18-12-24-27(15-18)19-8-4-3-5-9-19/h3-12,15-17H,13-14H2,1-2H3,(H,25,28)/t16-,17+. The molecule has 0 radical (unpaired) electrons. The number of nitrogens with one attached hydrogen (secondary N) is 1. The Bertz CT molecular complexity index is 1040. The van der Waals surface area contributed by atoms with Crippen molar-refractivity contribution in [3.05, 3.63) is 78.1 Å². The van der Waals surface area contributed by atoms with Gasteiger partial charge in [-0.05, 0) is 38.1 Å². The van der Waals surface area contributed by atoms with E-state index in [9.17, 15) is 9.59 Å². The number of ether oxygens (including phenoxy) is 1. The zero-order chi connectivity index (χ0) is 21.1. The lowest BCUT2D eigenvalue weighted by molar-refractivity contribution is -0.0585. The molecule has 0 saturated carbocycles. The fraction of sp³-hybridized carbons (Fsp3) is 0.261. The number of aromatic nitrogens is 2. The Labute approximate surface area is 175 Å². The first-order chi connectivity index (χ1) is 14.5. The molecule has 1 fully saturated rings. The summed E-state index contributed by atoms with van der Waals surface area (Å²) in [6, 6.07) is 16.6. The molecule has 1 aliphatic rings. The molecule has 2 heterocycles. The van der Waals surface area contributed by atoms with Gasteiger partial charge in [-0.25, -0.2) is 4.68 Å². The molecule has 1 saturated heterocycles. The average molecular weight is 404 g/mol. The third-order valence-electron chi connectivity index (χ3n) is 4.98. The maximum atomic E-state index is 13.1. The largest absolute Gasteiger partial charge is 0.372 e. The lowest BCUT2D eigenvalue weighted by Gasteiger charge is -2.35. The number of para-hydroxylation sites is 2. The summed E-state index contributed by atoms with van der Waals surface area (Å²) in [5.41, 5.74) is 2.21. The monoisotopic (exact) mass is 404 g/mol. The Morgan fingerprint density at radius 3 is 2.40 bits per heavy atom. The molecule has 2 amide bonds. The maximum Gasteiger partial charge on any atom is 0.258 e. The van der Waals surface area contributed by atoms with Gasteiger partial charge in [0.1, 0.15) is 0 Å². The topological polar surface area (TPSA) is 76.5 Å². The van der Waals surface area contributed by atoms with E-state index in [0.717, 1.165) is 5.69 Å².